The standard InChI is InChI=1S/C20H19NO4/c22-17-12-20(25-18-9-5-4-8-16(17)18)10-11-21(14-20)19(23)24-13-15-6-2-1-3-7-15/h1-9H,10-14H2. The fraction of sp³-hybridized carbons (Fsp3) is 0.300. The zero-order valence-electron chi connectivity index (χ0n) is 13.8. The summed E-state index contributed by atoms with van der Waals surface area (Å²) in [4.78, 5) is 26.4. The van der Waals surface area contributed by atoms with Crippen LogP contribution in [0.25, 0.3) is 0 Å². The molecular formula is C20H19NO4. The van der Waals surface area contributed by atoms with Crippen LogP contribution in [-0.4, -0.2) is 35.5 Å². The van der Waals surface area contributed by atoms with Crippen molar-refractivity contribution in [1.82, 2.24) is 4.90 Å². The molecule has 0 bridgehead atoms. The Kier molecular flexibility index (Phi) is 3.92. The Morgan fingerprint density at radius 1 is 1.12 bits per heavy atom. The van der Waals surface area contributed by atoms with E-state index >= 15 is 0 Å². The molecule has 1 unspecified atom stereocenters. The highest BCUT2D eigenvalue weighted by molar-refractivity contribution is 6.00. The number of likely N-dealkylation sites (tertiary alicyclic amines) is 1. The number of amides is 1. The smallest absolute Gasteiger partial charge is 0.410 e. The van der Waals surface area contributed by atoms with Gasteiger partial charge in [-0.1, -0.05) is 42.5 Å². The molecule has 4 rings (SSSR count). The van der Waals surface area contributed by atoms with E-state index < -0.39 is 5.60 Å². The number of nitrogens with zero attached hydrogens (tertiary/aromatic N) is 1. The van der Waals surface area contributed by atoms with E-state index in [1.54, 1.807) is 11.0 Å². The summed E-state index contributed by atoms with van der Waals surface area (Å²) in [7, 11) is 0. The highest BCUT2D eigenvalue weighted by atomic mass is 16.6. The lowest BCUT2D eigenvalue weighted by molar-refractivity contribution is 0.0423. The molecule has 0 aliphatic carbocycles. The quantitative estimate of drug-likeness (QED) is 0.842. The molecule has 128 valence electrons. The van der Waals surface area contributed by atoms with E-state index in [-0.39, 0.29) is 18.5 Å². The molecule has 1 saturated heterocycles. The Hall–Kier alpha value is -2.82. The number of benzene rings is 2. The summed E-state index contributed by atoms with van der Waals surface area (Å²) in [5, 5.41) is 0. The van der Waals surface area contributed by atoms with E-state index in [1.807, 2.05) is 48.5 Å². The van der Waals surface area contributed by atoms with Gasteiger partial charge in [0.25, 0.3) is 0 Å². The Bertz CT molecular complexity index is 804. The number of rotatable bonds is 2. The van der Waals surface area contributed by atoms with Gasteiger partial charge in [0.1, 0.15) is 18.0 Å². The molecule has 0 radical (unpaired) electrons. The van der Waals surface area contributed by atoms with Gasteiger partial charge in [0.05, 0.1) is 18.5 Å². The minimum absolute atomic E-state index is 0.0707. The molecule has 25 heavy (non-hydrogen) atoms. The summed E-state index contributed by atoms with van der Waals surface area (Å²) < 4.78 is 11.5. The molecule has 2 aromatic rings. The summed E-state index contributed by atoms with van der Waals surface area (Å²) in [6.07, 6.45) is 0.565. The lowest BCUT2D eigenvalue weighted by Gasteiger charge is -2.34. The van der Waals surface area contributed by atoms with Gasteiger partial charge in [0.2, 0.25) is 0 Å². The molecular weight excluding hydrogens is 318 g/mol. The maximum Gasteiger partial charge on any atom is 0.410 e. The first-order chi connectivity index (χ1) is 12.2. The molecule has 2 aliphatic heterocycles. The zero-order valence-corrected chi connectivity index (χ0v) is 13.8. The second kappa shape index (κ2) is 6.24. The third-order valence-electron chi connectivity index (χ3n) is 4.78. The highest BCUT2D eigenvalue weighted by Crippen LogP contribution is 2.38. The van der Waals surface area contributed by atoms with E-state index in [0.29, 0.717) is 37.2 Å². The monoisotopic (exact) mass is 337 g/mol. The van der Waals surface area contributed by atoms with Gasteiger partial charge in [0, 0.05) is 13.0 Å². The van der Waals surface area contributed by atoms with Gasteiger partial charge in [0.15, 0.2) is 5.78 Å². The molecule has 1 amide bonds. The molecule has 5 nitrogen and oxygen atoms in total. The SMILES string of the molecule is O=C1CC2(CCN(C(=O)OCc3ccccc3)C2)Oc2ccccc21. The van der Waals surface area contributed by atoms with E-state index in [1.165, 1.54) is 0 Å². The van der Waals surface area contributed by atoms with Crippen molar-refractivity contribution < 1.29 is 19.1 Å². The molecule has 1 atom stereocenters. The van der Waals surface area contributed by atoms with E-state index in [0.717, 1.165) is 5.56 Å². The second-order valence-electron chi connectivity index (χ2n) is 6.59. The molecule has 2 aromatic carbocycles. The Morgan fingerprint density at radius 2 is 1.88 bits per heavy atom. The Labute approximate surface area is 146 Å². The fourth-order valence-corrected chi connectivity index (χ4v) is 3.48. The first kappa shape index (κ1) is 15.7. The van der Waals surface area contributed by atoms with Crippen LogP contribution in [0.3, 0.4) is 0 Å². The summed E-state index contributed by atoms with van der Waals surface area (Å²) in [5.74, 6) is 0.680. The van der Waals surface area contributed by atoms with Crippen LogP contribution in [0.2, 0.25) is 0 Å². The summed E-state index contributed by atoms with van der Waals surface area (Å²) in [6.45, 7) is 1.15. The number of para-hydroxylation sites is 1. The van der Waals surface area contributed by atoms with Crippen LogP contribution in [-0.2, 0) is 11.3 Å². The van der Waals surface area contributed by atoms with Crippen LogP contribution in [0.5, 0.6) is 5.75 Å². The molecule has 0 aromatic heterocycles. The average molecular weight is 337 g/mol. The molecule has 1 fully saturated rings. The lowest BCUT2D eigenvalue weighted by atomic mass is 9.89. The second-order valence-corrected chi connectivity index (χ2v) is 6.59. The predicted molar refractivity (Wildman–Crippen MR) is 91.6 cm³/mol. The van der Waals surface area contributed by atoms with Crippen LogP contribution >= 0.6 is 0 Å². The van der Waals surface area contributed by atoms with Crippen molar-refractivity contribution in [2.75, 3.05) is 13.1 Å². The molecule has 0 saturated carbocycles. The normalized spacial score (nSPS) is 21.8. The fourth-order valence-electron chi connectivity index (χ4n) is 3.48. The van der Waals surface area contributed by atoms with Crippen molar-refractivity contribution in [3.63, 3.8) is 0 Å². The van der Waals surface area contributed by atoms with Crippen molar-refractivity contribution in [2.45, 2.75) is 25.0 Å². The van der Waals surface area contributed by atoms with Crippen LogP contribution in [0.1, 0.15) is 28.8 Å². The molecule has 1 spiro atoms. The van der Waals surface area contributed by atoms with Crippen LogP contribution in [0.15, 0.2) is 54.6 Å². The summed E-state index contributed by atoms with van der Waals surface area (Å²) in [5.41, 5.74) is 0.943. The lowest BCUT2D eigenvalue weighted by Crippen LogP contribution is -2.45. The zero-order chi connectivity index (χ0) is 17.3. The van der Waals surface area contributed by atoms with Gasteiger partial charge in [-0.15, -0.1) is 0 Å². The molecule has 5 heteroatoms. The average Bonchev–Trinajstić information content (AvgIpc) is 3.04. The first-order valence-corrected chi connectivity index (χ1v) is 8.42. The van der Waals surface area contributed by atoms with Gasteiger partial charge in [-0.3, -0.25) is 4.79 Å². The van der Waals surface area contributed by atoms with Gasteiger partial charge in [-0.05, 0) is 17.7 Å². The van der Waals surface area contributed by atoms with Crippen LogP contribution < -0.4 is 4.74 Å². The highest BCUT2D eigenvalue weighted by Gasteiger charge is 2.47. The van der Waals surface area contributed by atoms with Crippen molar-refractivity contribution in [2.24, 2.45) is 0 Å². The predicted octanol–water partition coefficient (Wildman–Crippen LogP) is 3.43. The van der Waals surface area contributed by atoms with Crippen molar-refractivity contribution in [3.8, 4) is 5.75 Å². The van der Waals surface area contributed by atoms with Crippen molar-refractivity contribution in [1.29, 1.82) is 0 Å². The van der Waals surface area contributed by atoms with Gasteiger partial charge in [-0.25, -0.2) is 4.79 Å². The van der Waals surface area contributed by atoms with Gasteiger partial charge in [-0.2, -0.15) is 0 Å². The number of hydrogen-bond acceptors (Lipinski definition) is 4. The number of carbonyl (C=O) groups is 2. The molecule has 2 aliphatic rings. The summed E-state index contributed by atoms with van der Waals surface area (Å²) >= 11 is 0. The van der Waals surface area contributed by atoms with Crippen molar-refractivity contribution in [3.05, 3.63) is 65.7 Å². The number of Topliss-reactive ketones (excluding diaryl/α,β-unsaturated/α-hetero) is 1. The molecule has 2 heterocycles. The van der Waals surface area contributed by atoms with Gasteiger partial charge >= 0.3 is 6.09 Å². The third kappa shape index (κ3) is 3.09. The summed E-state index contributed by atoms with van der Waals surface area (Å²) in [6, 6.07) is 16.9. The number of ketones is 1. The number of fused-ring (bicyclic) bond motifs is 1. The minimum atomic E-state index is -0.628. The first-order valence-electron chi connectivity index (χ1n) is 8.42. The van der Waals surface area contributed by atoms with Crippen molar-refractivity contribution >= 4 is 11.9 Å². The maximum atomic E-state index is 12.4. The van der Waals surface area contributed by atoms with E-state index in [9.17, 15) is 9.59 Å². The topological polar surface area (TPSA) is 55.8 Å². The number of hydrogen-bond donors (Lipinski definition) is 0. The van der Waals surface area contributed by atoms with Crippen LogP contribution in [0.4, 0.5) is 4.79 Å². The molecule has 0 N–H and O–H groups in total. The number of ether oxygens (including phenoxy) is 2. The third-order valence-corrected chi connectivity index (χ3v) is 4.78. The minimum Gasteiger partial charge on any atom is -0.484 e. The van der Waals surface area contributed by atoms with Crippen LogP contribution in [0, 0.1) is 0 Å². The maximum absolute atomic E-state index is 12.4. The Morgan fingerprint density at radius 3 is 2.72 bits per heavy atom. The number of carbonyl (C=O) groups excluding carboxylic acids is 2. The largest absolute Gasteiger partial charge is 0.484 e. The Balaban J connectivity index is 1.41. The van der Waals surface area contributed by atoms with E-state index in [2.05, 4.69) is 0 Å². The van der Waals surface area contributed by atoms with E-state index in [4.69, 9.17) is 9.47 Å². The van der Waals surface area contributed by atoms with Gasteiger partial charge < -0.3 is 14.4 Å².